The molecule has 1 aliphatic heterocycles. The number of likely N-dealkylation sites (N-methyl/N-ethyl adjacent to an activating group) is 1. The van der Waals surface area contributed by atoms with Crippen molar-refractivity contribution < 1.29 is 22.9 Å². The van der Waals surface area contributed by atoms with Crippen LogP contribution in [0.25, 0.3) is 0 Å². The number of benzene rings is 1. The lowest BCUT2D eigenvalue weighted by atomic mass is 10.1. The zero-order valence-corrected chi connectivity index (χ0v) is 18.1. The Morgan fingerprint density at radius 2 is 1.72 bits per heavy atom. The fraction of sp³-hybridized carbons (Fsp3) is 0.619. The molecule has 3 rings (SSSR count). The van der Waals surface area contributed by atoms with Crippen LogP contribution in [0.4, 0.5) is 5.69 Å². The predicted molar refractivity (Wildman–Crippen MR) is 113 cm³/mol. The number of carbonyl (C=O) groups is 2. The zero-order chi connectivity index (χ0) is 21.0. The normalized spacial score (nSPS) is 22.3. The van der Waals surface area contributed by atoms with Crippen LogP contribution < -0.4 is 10.2 Å². The maximum atomic E-state index is 13.1. The van der Waals surface area contributed by atoms with Crippen LogP contribution in [0, 0.1) is 6.92 Å². The van der Waals surface area contributed by atoms with E-state index in [2.05, 4.69) is 5.32 Å². The summed E-state index contributed by atoms with van der Waals surface area (Å²) in [5, 5.41) is 2.86. The molecule has 1 aliphatic carbocycles. The highest BCUT2D eigenvalue weighted by Crippen LogP contribution is 2.29. The van der Waals surface area contributed by atoms with Gasteiger partial charge in [0.15, 0.2) is 22.9 Å². The molecule has 1 saturated carbocycles. The second-order valence-electron chi connectivity index (χ2n) is 8.52. The van der Waals surface area contributed by atoms with Gasteiger partial charge in [0, 0.05) is 17.8 Å². The van der Waals surface area contributed by atoms with E-state index in [1.807, 2.05) is 43.1 Å². The van der Waals surface area contributed by atoms with E-state index in [-0.39, 0.29) is 48.5 Å². The number of rotatable bonds is 7. The van der Waals surface area contributed by atoms with Gasteiger partial charge >= 0.3 is 0 Å². The van der Waals surface area contributed by atoms with Gasteiger partial charge in [0.25, 0.3) is 11.8 Å². The van der Waals surface area contributed by atoms with Crippen LogP contribution in [0.15, 0.2) is 24.3 Å². The molecule has 160 valence electrons. The average molecular weight is 423 g/mol. The van der Waals surface area contributed by atoms with E-state index < -0.39 is 9.84 Å². The van der Waals surface area contributed by atoms with E-state index in [0.717, 1.165) is 41.8 Å². The minimum Gasteiger partial charge on any atom is -0.331 e. The van der Waals surface area contributed by atoms with Crippen molar-refractivity contribution in [1.29, 1.82) is 0 Å². The first-order chi connectivity index (χ1) is 13.7. The van der Waals surface area contributed by atoms with Gasteiger partial charge in [0.1, 0.15) is 0 Å². The number of nitrogens with zero attached hydrogens (tertiary/aromatic N) is 1. The molecule has 7 nitrogen and oxygen atoms in total. The van der Waals surface area contributed by atoms with Crippen molar-refractivity contribution in [2.75, 3.05) is 37.0 Å². The van der Waals surface area contributed by atoms with Gasteiger partial charge in [-0.15, -0.1) is 0 Å². The fourth-order valence-corrected chi connectivity index (χ4v) is 6.12. The van der Waals surface area contributed by atoms with Crippen molar-refractivity contribution in [3.05, 3.63) is 29.8 Å². The number of aryl methyl sites for hydroxylation is 1. The summed E-state index contributed by atoms with van der Waals surface area (Å²) >= 11 is 0. The van der Waals surface area contributed by atoms with Crippen LogP contribution in [-0.4, -0.2) is 68.9 Å². The van der Waals surface area contributed by atoms with Crippen molar-refractivity contribution in [2.24, 2.45) is 0 Å². The molecule has 1 saturated heterocycles. The summed E-state index contributed by atoms with van der Waals surface area (Å²) in [6.45, 7) is 2.36. The number of hydrogen-bond acceptors (Lipinski definition) is 4. The molecule has 2 aliphatic rings. The first-order valence-electron chi connectivity index (χ1n) is 10.4. The Morgan fingerprint density at radius 1 is 1.07 bits per heavy atom. The minimum atomic E-state index is -3.05. The number of nitrogens with one attached hydrogen (secondary N) is 2. The third kappa shape index (κ3) is 6.02. The van der Waals surface area contributed by atoms with Crippen molar-refractivity contribution in [3.8, 4) is 0 Å². The summed E-state index contributed by atoms with van der Waals surface area (Å²) < 4.78 is 23.9. The van der Waals surface area contributed by atoms with E-state index in [1.165, 1.54) is 0 Å². The highest BCUT2D eigenvalue weighted by molar-refractivity contribution is 7.91. The standard InChI is InChI=1S/C21H31N3O4S/c1-16-7-9-17(10-8-16)22-20(25)13-23(2)14-21(26)24(18-5-3-4-6-18)19-11-12-29(27,28)15-19/h7-10,18-19H,3-6,11-15H2,1-2H3,(H,22,25)/p+1/t19-/m0/s1. The van der Waals surface area contributed by atoms with Gasteiger partial charge in [0.2, 0.25) is 0 Å². The highest BCUT2D eigenvalue weighted by atomic mass is 32.2. The molecule has 29 heavy (non-hydrogen) atoms. The second-order valence-corrected chi connectivity index (χ2v) is 10.7. The molecule has 2 amide bonds. The van der Waals surface area contributed by atoms with Crippen LogP contribution >= 0.6 is 0 Å². The average Bonchev–Trinajstić information content (AvgIpc) is 3.27. The zero-order valence-electron chi connectivity index (χ0n) is 17.3. The lowest BCUT2D eigenvalue weighted by Gasteiger charge is -2.34. The molecule has 8 heteroatoms. The van der Waals surface area contributed by atoms with Crippen molar-refractivity contribution >= 4 is 27.3 Å². The van der Waals surface area contributed by atoms with E-state index in [0.29, 0.717) is 6.42 Å². The molecule has 2 N–H and O–H groups in total. The van der Waals surface area contributed by atoms with E-state index in [1.54, 1.807) is 0 Å². The van der Waals surface area contributed by atoms with Gasteiger partial charge in [-0.2, -0.15) is 0 Å². The molecule has 0 bridgehead atoms. The van der Waals surface area contributed by atoms with Crippen LogP contribution in [0.5, 0.6) is 0 Å². The van der Waals surface area contributed by atoms with E-state index in [4.69, 9.17) is 0 Å². The fourth-order valence-electron chi connectivity index (χ4n) is 4.41. The number of amides is 2. The summed E-state index contributed by atoms with van der Waals surface area (Å²) in [5.74, 6) is 0.0486. The topological polar surface area (TPSA) is 88.0 Å². The molecule has 0 aromatic heterocycles. The summed E-state index contributed by atoms with van der Waals surface area (Å²) in [6.07, 6.45) is 4.56. The number of hydrogen-bond donors (Lipinski definition) is 2. The van der Waals surface area contributed by atoms with Gasteiger partial charge in [0.05, 0.1) is 18.6 Å². The van der Waals surface area contributed by atoms with E-state index >= 15 is 0 Å². The highest BCUT2D eigenvalue weighted by Gasteiger charge is 2.39. The largest absolute Gasteiger partial charge is 0.331 e. The van der Waals surface area contributed by atoms with Gasteiger partial charge in [-0.1, -0.05) is 30.5 Å². The minimum absolute atomic E-state index is 0.0420. The number of anilines is 1. The van der Waals surface area contributed by atoms with Crippen molar-refractivity contribution in [2.45, 2.75) is 51.1 Å². The summed E-state index contributed by atoms with van der Waals surface area (Å²) in [6, 6.07) is 7.50. The molecule has 0 spiro atoms. The van der Waals surface area contributed by atoms with Gasteiger partial charge in [-0.05, 0) is 38.3 Å². The third-order valence-electron chi connectivity index (χ3n) is 5.86. The molecular formula is C21H32N3O4S+. The SMILES string of the molecule is Cc1ccc(NC(=O)C[NH+](C)CC(=O)N(C2CCCC2)[C@H]2CCS(=O)(=O)C2)cc1. The van der Waals surface area contributed by atoms with Crippen molar-refractivity contribution in [1.82, 2.24) is 4.90 Å². The number of quaternary nitrogens is 1. The van der Waals surface area contributed by atoms with Gasteiger partial charge in [-0.3, -0.25) is 9.59 Å². The Balaban J connectivity index is 1.58. The predicted octanol–water partition coefficient (Wildman–Crippen LogP) is 0.407. The third-order valence-corrected chi connectivity index (χ3v) is 7.61. The Labute approximate surface area is 173 Å². The first-order valence-corrected chi connectivity index (χ1v) is 12.2. The Kier molecular flexibility index (Phi) is 6.95. The summed E-state index contributed by atoms with van der Waals surface area (Å²) in [4.78, 5) is 28.1. The van der Waals surface area contributed by atoms with E-state index in [9.17, 15) is 18.0 Å². The molecule has 0 radical (unpaired) electrons. The molecule has 1 aromatic rings. The lowest BCUT2D eigenvalue weighted by molar-refractivity contribution is -0.862. The van der Waals surface area contributed by atoms with Crippen molar-refractivity contribution in [3.63, 3.8) is 0 Å². The molecule has 1 heterocycles. The molecule has 1 aromatic carbocycles. The van der Waals surface area contributed by atoms with Crippen LogP contribution in [0.2, 0.25) is 0 Å². The number of sulfone groups is 1. The monoisotopic (exact) mass is 422 g/mol. The Morgan fingerprint density at radius 3 is 2.31 bits per heavy atom. The number of carbonyl (C=O) groups excluding carboxylic acids is 2. The van der Waals surface area contributed by atoms with Crippen LogP contribution in [0.1, 0.15) is 37.7 Å². The lowest BCUT2D eigenvalue weighted by Crippen LogP contribution is -3.11. The smallest absolute Gasteiger partial charge is 0.279 e. The molecular weight excluding hydrogens is 390 g/mol. The molecule has 2 fully saturated rings. The summed E-state index contributed by atoms with van der Waals surface area (Å²) in [7, 11) is -1.23. The van der Waals surface area contributed by atoms with Gasteiger partial charge in [-0.25, -0.2) is 8.42 Å². The van der Waals surface area contributed by atoms with Crippen LogP contribution in [0.3, 0.4) is 0 Å². The first kappa shape index (κ1) is 21.8. The quantitative estimate of drug-likeness (QED) is 0.666. The Hall–Kier alpha value is -1.93. The van der Waals surface area contributed by atoms with Crippen LogP contribution in [-0.2, 0) is 19.4 Å². The Bertz CT molecular complexity index is 832. The summed E-state index contributed by atoms with van der Waals surface area (Å²) in [5.41, 5.74) is 1.86. The maximum absolute atomic E-state index is 13.1. The molecule has 2 atom stereocenters. The molecule has 1 unspecified atom stereocenters. The maximum Gasteiger partial charge on any atom is 0.279 e. The second kappa shape index (κ2) is 9.26. The van der Waals surface area contributed by atoms with Gasteiger partial charge < -0.3 is 15.1 Å².